The quantitative estimate of drug-likeness (QED) is 0.274. The second kappa shape index (κ2) is 12.9. The van der Waals surface area contributed by atoms with E-state index < -0.39 is 16.5 Å². The number of hydrogen-bond donors (Lipinski definition) is 2. The van der Waals surface area contributed by atoms with Gasteiger partial charge in [-0.2, -0.15) is 8.42 Å². The molecule has 0 fully saturated rings. The minimum Gasteiger partial charge on any atom is -0.496 e. The van der Waals surface area contributed by atoms with E-state index in [1.165, 1.54) is 0 Å². The molecule has 194 valence electrons. The smallest absolute Gasteiger partial charge is 0.397 e. The number of nitrogens with one attached hydrogen (secondary N) is 1. The van der Waals surface area contributed by atoms with Gasteiger partial charge in [0.25, 0.3) is 0 Å². The Hall–Kier alpha value is -2.91. The third-order valence-corrected chi connectivity index (χ3v) is 6.42. The van der Waals surface area contributed by atoms with Crippen molar-refractivity contribution in [2.75, 3.05) is 13.7 Å². The molecule has 0 heterocycles. The second-order valence-electron chi connectivity index (χ2n) is 9.29. The van der Waals surface area contributed by atoms with Crippen LogP contribution < -0.4 is 14.8 Å². The number of aryl methyl sites for hydroxylation is 1. The first-order valence-electron chi connectivity index (χ1n) is 11.9. The zero-order valence-corrected chi connectivity index (χ0v) is 21.8. The third-order valence-electron chi connectivity index (χ3n) is 5.94. The van der Waals surface area contributed by atoms with Gasteiger partial charge in [-0.3, -0.25) is 4.55 Å². The monoisotopic (exact) mass is 513 g/mol. The number of hydrogen-bond acceptors (Lipinski definition) is 6. The van der Waals surface area contributed by atoms with E-state index in [1.807, 2.05) is 48.5 Å². The van der Waals surface area contributed by atoms with E-state index in [4.69, 9.17) is 13.7 Å². The summed E-state index contributed by atoms with van der Waals surface area (Å²) in [6, 6.07) is 24.8. The summed E-state index contributed by atoms with van der Waals surface area (Å²) < 4.78 is 48.6. The predicted molar refractivity (Wildman–Crippen MR) is 141 cm³/mol. The Kier molecular flexibility index (Phi) is 9.89. The van der Waals surface area contributed by atoms with E-state index >= 15 is 0 Å². The summed E-state index contributed by atoms with van der Waals surface area (Å²) in [6.07, 6.45) is 1.73. The van der Waals surface area contributed by atoms with E-state index in [9.17, 15) is 13.0 Å². The summed E-state index contributed by atoms with van der Waals surface area (Å²) in [6.45, 7) is 4.74. The molecule has 0 bridgehead atoms. The molecule has 36 heavy (non-hydrogen) atoms. The topological polar surface area (TPSA) is 94.1 Å². The lowest BCUT2D eigenvalue weighted by atomic mass is 9.94. The molecule has 3 aromatic carbocycles. The average molecular weight is 514 g/mol. The summed E-state index contributed by atoms with van der Waals surface area (Å²) in [7, 11) is -2.97. The fraction of sp³-hybridized carbons (Fsp3) is 0.357. The minimum absolute atomic E-state index is 0.200. The molecule has 0 saturated carbocycles. The molecule has 1 atom stereocenters. The molecular formula is C28H35NO6S. The average Bonchev–Trinajstić information content (AvgIpc) is 2.86. The van der Waals surface area contributed by atoms with Crippen molar-refractivity contribution in [1.82, 2.24) is 5.32 Å². The maximum atomic E-state index is 11.5. The Morgan fingerprint density at radius 3 is 2.28 bits per heavy atom. The highest BCUT2D eigenvalue weighted by Gasteiger charge is 2.24. The summed E-state index contributed by atoms with van der Waals surface area (Å²) in [5, 5.41) is 3.39. The Bertz CT molecular complexity index is 1180. The van der Waals surface area contributed by atoms with Gasteiger partial charge in [0.2, 0.25) is 0 Å². The van der Waals surface area contributed by atoms with Gasteiger partial charge in [0, 0.05) is 12.1 Å². The van der Waals surface area contributed by atoms with Crippen molar-refractivity contribution in [1.29, 1.82) is 0 Å². The van der Waals surface area contributed by atoms with Gasteiger partial charge in [-0.05, 0) is 68.0 Å². The van der Waals surface area contributed by atoms with Gasteiger partial charge in [0.05, 0.1) is 7.11 Å². The standard InChI is InChI=1S/C28H35NO6S/c1-28(2,19-9-13-23-12-7-8-14-26(23)33-3)29-20-27(35-36(30,31)32)24-15-17-25(18-16-24)34-21-22-10-5-4-6-11-22/h4-8,10-12,14-18,27,29H,9,13,19-21H2,1-3H3,(H,30,31,32). The zero-order valence-electron chi connectivity index (χ0n) is 21.0. The number of methoxy groups -OCH3 is 1. The molecule has 0 aliphatic carbocycles. The van der Waals surface area contributed by atoms with Gasteiger partial charge in [0.1, 0.15) is 24.2 Å². The maximum absolute atomic E-state index is 11.5. The Balaban J connectivity index is 1.58. The van der Waals surface area contributed by atoms with Crippen molar-refractivity contribution in [2.45, 2.75) is 51.4 Å². The van der Waals surface area contributed by atoms with Crippen LogP contribution in [0.4, 0.5) is 0 Å². The molecular weight excluding hydrogens is 478 g/mol. The molecule has 7 nitrogen and oxygen atoms in total. The first-order chi connectivity index (χ1) is 17.1. The van der Waals surface area contributed by atoms with Crippen molar-refractivity contribution in [3.8, 4) is 11.5 Å². The third kappa shape index (κ3) is 9.28. The van der Waals surface area contributed by atoms with Gasteiger partial charge >= 0.3 is 10.4 Å². The van der Waals surface area contributed by atoms with Gasteiger partial charge in [-0.25, -0.2) is 4.18 Å². The van der Waals surface area contributed by atoms with Crippen molar-refractivity contribution in [2.24, 2.45) is 0 Å². The lowest BCUT2D eigenvalue weighted by Crippen LogP contribution is -2.42. The molecule has 0 spiro atoms. The largest absolute Gasteiger partial charge is 0.496 e. The molecule has 3 rings (SSSR count). The fourth-order valence-corrected chi connectivity index (χ4v) is 4.43. The van der Waals surface area contributed by atoms with Crippen LogP contribution in [0.3, 0.4) is 0 Å². The SMILES string of the molecule is COc1ccccc1CCCC(C)(C)NCC(OS(=O)(=O)O)c1ccc(OCc2ccccc2)cc1. The van der Waals surface area contributed by atoms with Crippen LogP contribution in [0.25, 0.3) is 0 Å². The number of rotatable bonds is 14. The van der Waals surface area contributed by atoms with Crippen LogP contribution in [0.2, 0.25) is 0 Å². The molecule has 2 N–H and O–H groups in total. The summed E-state index contributed by atoms with van der Waals surface area (Å²) >= 11 is 0. The van der Waals surface area contributed by atoms with Crippen molar-refractivity contribution < 1.29 is 26.6 Å². The van der Waals surface area contributed by atoms with E-state index in [-0.39, 0.29) is 12.1 Å². The normalized spacial score (nSPS) is 12.8. The van der Waals surface area contributed by atoms with Crippen molar-refractivity contribution in [3.05, 3.63) is 95.6 Å². The van der Waals surface area contributed by atoms with E-state index in [2.05, 4.69) is 25.2 Å². The van der Waals surface area contributed by atoms with Gasteiger partial charge in [-0.1, -0.05) is 60.7 Å². The first kappa shape index (κ1) is 27.7. The van der Waals surface area contributed by atoms with Crippen LogP contribution >= 0.6 is 0 Å². The molecule has 3 aromatic rings. The molecule has 0 amide bonds. The molecule has 0 aliphatic heterocycles. The number of benzene rings is 3. The number of para-hydroxylation sites is 1. The van der Waals surface area contributed by atoms with E-state index in [0.717, 1.165) is 36.1 Å². The lowest BCUT2D eigenvalue weighted by Gasteiger charge is -2.29. The maximum Gasteiger partial charge on any atom is 0.397 e. The van der Waals surface area contributed by atoms with Crippen LogP contribution in [0.1, 0.15) is 49.5 Å². The predicted octanol–water partition coefficient (Wildman–Crippen LogP) is 5.53. The Morgan fingerprint density at radius 1 is 0.944 bits per heavy atom. The summed E-state index contributed by atoms with van der Waals surface area (Å²) in [5.41, 5.74) is 2.52. The minimum atomic E-state index is -4.64. The van der Waals surface area contributed by atoms with Gasteiger partial charge in [0.15, 0.2) is 0 Å². The highest BCUT2D eigenvalue weighted by molar-refractivity contribution is 7.80. The Labute approximate surface area is 214 Å². The summed E-state index contributed by atoms with van der Waals surface area (Å²) in [5.74, 6) is 1.53. The van der Waals surface area contributed by atoms with E-state index in [0.29, 0.717) is 17.9 Å². The number of ether oxygens (including phenoxy) is 2. The molecule has 0 aromatic heterocycles. The van der Waals surface area contributed by atoms with Gasteiger partial charge < -0.3 is 14.8 Å². The second-order valence-corrected chi connectivity index (χ2v) is 10.3. The highest BCUT2D eigenvalue weighted by Crippen LogP contribution is 2.25. The lowest BCUT2D eigenvalue weighted by molar-refractivity contribution is 0.166. The molecule has 8 heteroatoms. The van der Waals surface area contributed by atoms with Crippen LogP contribution in [0.5, 0.6) is 11.5 Å². The van der Waals surface area contributed by atoms with Gasteiger partial charge in [-0.15, -0.1) is 0 Å². The molecule has 1 unspecified atom stereocenters. The van der Waals surface area contributed by atoms with Crippen LogP contribution in [0, 0.1) is 0 Å². The zero-order chi connectivity index (χ0) is 26.0. The molecule has 0 saturated heterocycles. The summed E-state index contributed by atoms with van der Waals surface area (Å²) in [4.78, 5) is 0. The molecule has 0 aliphatic rings. The van der Waals surface area contributed by atoms with Crippen molar-refractivity contribution >= 4 is 10.4 Å². The van der Waals surface area contributed by atoms with Crippen LogP contribution in [-0.4, -0.2) is 32.2 Å². The van der Waals surface area contributed by atoms with Crippen molar-refractivity contribution in [3.63, 3.8) is 0 Å². The fourth-order valence-electron chi connectivity index (χ4n) is 3.96. The van der Waals surface area contributed by atoms with Crippen LogP contribution in [0.15, 0.2) is 78.9 Å². The van der Waals surface area contributed by atoms with E-state index in [1.54, 1.807) is 31.4 Å². The highest BCUT2D eigenvalue weighted by atomic mass is 32.3. The van der Waals surface area contributed by atoms with Crippen LogP contribution in [-0.2, 0) is 27.6 Å². The molecule has 0 radical (unpaired) electrons. The Morgan fingerprint density at radius 2 is 1.61 bits per heavy atom. The first-order valence-corrected chi connectivity index (χ1v) is 13.3.